The number of nitro benzene ring substituents is 1. The van der Waals surface area contributed by atoms with Crippen LogP contribution >= 0.6 is 0 Å². The Balaban J connectivity index is 1.36. The van der Waals surface area contributed by atoms with Gasteiger partial charge < -0.3 is 15.1 Å². The Morgan fingerprint density at radius 1 is 1.03 bits per heavy atom. The summed E-state index contributed by atoms with van der Waals surface area (Å²) in [6.45, 7) is 4.19. The molecule has 184 valence electrons. The molecule has 3 aliphatic heterocycles. The molecule has 2 atom stereocenters. The van der Waals surface area contributed by atoms with Crippen molar-refractivity contribution in [3.05, 3.63) is 33.9 Å². The molecule has 0 aromatic heterocycles. The quantitative estimate of drug-likeness (QED) is 0.525. The van der Waals surface area contributed by atoms with Crippen molar-refractivity contribution in [2.75, 3.05) is 44.2 Å². The highest BCUT2D eigenvalue weighted by Gasteiger charge is 2.43. The lowest BCUT2D eigenvalue weighted by atomic mass is 9.82. The van der Waals surface area contributed by atoms with Crippen molar-refractivity contribution in [3.63, 3.8) is 0 Å². The molecule has 2 saturated heterocycles. The van der Waals surface area contributed by atoms with Gasteiger partial charge in [-0.2, -0.15) is 0 Å². The molecule has 5 rings (SSSR count). The van der Waals surface area contributed by atoms with E-state index in [1.807, 2.05) is 11.0 Å². The number of amides is 2. The van der Waals surface area contributed by atoms with Crippen molar-refractivity contribution in [1.82, 2.24) is 15.1 Å². The van der Waals surface area contributed by atoms with Crippen LogP contribution in [0.4, 0.5) is 11.4 Å². The fourth-order valence-corrected chi connectivity index (χ4v) is 6.24. The van der Waals surface area contributed by atoms with E-state index in [-0.39, 0.29) is 40.4 Å². The van der Waals surface area contributed by atoms with E-state index in [0.717, 1.165) is 69.4 Å². The van der Waals surface area contributed by atoms with Crippen molar-refractivity contribution in [2.45, 2.75) is 63.5 Å². The van der Waals surface area contributed by atoms with Crippen molar-refractivity contribution in [3.8, 4) is 0 Å². The normalized spacial score (nSPS) is 25.5. The van der Waals surface area contributed by atoms with E-state index in [4.69, 9.17) is 0 Å². The fraction of sp³-hybridized carbons (Fsp3) is 0.680. The molecule has 3 heterocycles. The summed E-state index contributed by atoms with van der Waals surface area (Å²) in [5.41, 5.74) is 1.93. The van der Waals surface area contributed by atoms with E-state index in [9.17, 15) is 19.7 Å². The minimum Gasteiger partial charge on any atom is -0.365 e. The molecule has 34 heavy (non-hydrogen) atoms. The fourth-order valence-electron chi connectivity index (χ4n) is 6.24. The molecule has 9 heteroatoms. The summed E-state index contributed by atoms with van der Waals surface area (Å²) in [4.78, 5) is 43.7. The number of likely N-dealkylation sites (tertiary alicyclic amines) is 1. The summed E-state index contributed by atoms with van der Waals surface area (Å²) in [6, 6.07) is 5.20. The number of hydrogen-bond acceptors (Lipinski definition) is 6. The number of non-ortho nitro benzene ring substituents is 1. The molecular weight excluding hydrogens is 434 g/mol. The van der Waals surface area contributed by atoms with Gasteiger partial charge in [0.25, 0.3) is 5.69 Å². The van der Waals surface area contributed by atoms with Crippen LogP contribution < -0.4 is 10.2 Å². The number of fused-ring (bicyclic) bond motifs is 3. The summed E-state index contributed by atoms with van der Waals surface area (Å²) in [7, 11) is 0. The summed E-state index contributed by atoms with van der Waals surface area (Å²) in [6.07, 6.45) is 8.20. The number of hydrogen-bond donors (Lipinski definition) is 1. The standard InChI is InChI=1S/C25H35N5O4/c31-24(28-10-4-5-11-28)17-27-12-13-29-22-9-8-20(30(33)34)14-18(22)15-21(23(29)16-27)25(32)26-19-6-2-1-3-7-19/h8-9,14,19,21,23H,1-7,10-13,15-17H2,(H,26,32)/t21-,23-/m1/s1. The zero-order valence-electron chi connectivity index (χ0n) is 19.8. The summed E-state index contributed by atoms with van der Waals surface area (Å²) in [5.74, 6) is -0.0612. The molecule has 1 aromatic carbocycles. The van der Waals surface area contributed by atoms with Crippen LogP contribution in [0.5, 0.6) is 0 Å². The second-order valence-electron chi connectivity index (χ2n) is 10.3. The molecule has 0 spiro atoms. The zero-order valence-corrected chi connectivity index (χ0v) is 19.8. The van der Waals surface area contributed by atoms with Crippen molar-refractivity contribution >= 4 is 23.2 Å². The zero-order chi connectivity index (χ0) is 23.7. The van der Waals surface area contributed by atoms with E-state index in [1.54, 1.807) is 12.1 Å². The number of carbonyl (C=O) groups is 2. The Hall–Kier alpha value is -2.68. The monoisotopic (exact) mass is 469 g/mol. The van der Waals surface area contributed by atoms with Crippen LogP contribution in [0.3, 0.4) is 0 Å². The molecule has 0 radical (unpaired) electrons. The van der Waals surface area contributed by atoms with Crippen LogP contribution in [-0.4, -0.2) is 77.9 Å². The largest absolute Gasteiger partial charge is 0.365 e. The van der Waals surface area contributed by atoms with E-state index in [0.29, 0.717) is 26.1 Å². The Morgan fingerprint density at radius 3 is 2.53 bits per heavy atom. The highest BCUT2D eigenvalue weighted by molar-refractivity contribution is 5.83. The van der Waals surface area contributed by atoms with E-state index in [2.05, 4.69) is 15.1 Å². The maximum Gasteiger partial charge on any atom is 0.269 e. The molecule has 9 nitrogen and oxygen atoms in total. The second kappa shape index (κ2) is 9.90. The van der Waals surface area contributed by atoms with Gasteiger partial charge in [0.1, 0.15) is 0 Å². The predicted octanol–water partition coefficient (Wildman–Crippen LogP) is 2.33. The third kappa shape index (κ3) is 4.76. The van der Waals surface area contributed by atoms with Gasteiger partial charge in [-0.25, -0.2) is 0 Å². The minimum atomic E-state index is -0.370. The Kier molecular flexibility index (Phi) is 6.72. The molecule has 2 amide bonds. The van der Waals surface area contributed by atoms with Crippen molar-refractivity contribution < 1.29 is 14.5 Å². The lowest BCUT2D eigenvalue weighted by molar-refractivity contribution is -0.384. The number of rotatable bonds is 5. The summed E-state index contributed by atoms with van der Waals surface area (Å²) >= 11 is 0. The van der Waals surface area contributed by atoms with Gasteiger partial charge in [0.2, 0.25) is 11.8 Å². The van der Waals surface area contributed by atoms with Crippen LogP contribution in [0.15, 0.2) is 18.2 Å². The predicted molar refractivity (Wildman–Crippen MR) is 129 cm³/mol. The lowest BCUT2D eigenvalue weighted by Gasteiger charge is -2.49. The lowest BCUT2D eigenvalue weighted by Crippen LogP contribution is -2.62. The van der Waals surface area contributed by atoms with Gasteiger partial charge >= 0.3 is 0 Å². The molecule has 1 saturated carbocycles. The molecule has 0 unspecified atom stereocenters. The number of piperazine rings is 1. The molecular formula is C25H35N5O4. The number of benzene rings is 1. The van der Waals surface area contributed by atoms with Crippen LogP contribution in [0, 0.1) is 16.0 Å². The van der Waals surface area contributed by atoms with Gasteiger partial charge in [0.05, 0.1) is 23.4 Å². The average molecular weight is 470 g/mol. The van der Waals surface area contributed by atoms with Crippen LogP contribution in [-0.2, 0) is 16.0 Å². The van der Waals surface area contributed by atoms with Crippen LogP contribution in [0.1, 0.15) is 50.5 Å². The average Bonchev–Trinajstić information content (AvgIpc) is 3.39. The van der Waals surface area contributed by atoms with Crippen LogP contribution in [0.2, 0.25) is 0 Å². The number of anilines is 1. The number of nitrogens with zero attached hydrogens (tertiary/aromatic N) is 4. The smallest absolute Gasteiger partial charge is 0.269 e. The molecule has 4 aliphatic rings. The highest BCUT2D eigenvalue weighted by atomic mass is 16.6. The highest BCUT2D eigenvalue weighted by Crippen LogP contribution is 2.38. The van der Waals surface area contributed by atoms with E-state index in [1.165, 1.54) is 6.42 Å². The molecule has 1 aliphatic carbocycles. The molecule has 0 bridgehead atoms. The van der Waals surface area contributed by atoms with Gasteiger partial charge in [-0.05, 0) is 43.7 Å². The van der Waals surface area contributed by atoms with Crippen LogP contribution in [0.25, 0.3) is 0 Å². The van der Waals surface area contributed by atoms with Gasteiger partial charge in [-0.1, -0.05) is 19.3 Å². The van der Waals surface area contributed by atoms with Gasteiger partial charge in [-0.3, -0.25) is 24.6 Å². The molecule has 1 N–H and O–H groups in total. The van der Waals surface area contributed by atoms with E-state index < -0.39 is 0 Å². The SMILES string of the molecule is O=C(NC1CCCCC1)[C@@H]1Cc2cc([N+](=O)[O-])ccc2N2CCN(CC(=O)N3CCCC3)C[C@H]12. The third-order valence-corrected chi connectivity index (χ3v) is 8.10. The number of nitrogens with one attached hydrogen (secondary N) is 1. The van der Waals surface area contributed by atoms with Crippen molar-refractivity contribution in [2.24, 2.45) is 5.92 Å². The molecule has 1 aromatic rings. The first-order valence-corrected chi connectivity index (χ1v) is 12.8. The topological polar surface area (TPSA) is 99.0 Å². The third-order valence-electron chi connectivity index (χ3n) is 8.10. The summed E-state index contributed by atoms with van der Waals surface area (Å²) < 4.78 is 0. The maximum atomic E-state index is 13.5. The van der Waals surface area contributed by atoms with Gasteiger partial charge in [0, 0.05) is 56.6 Å². The van der Waals surface area contributed by atoms with Gasteiger partial charge in [-0.15, -0.1) is 0 Å². The number of carbonyl (C=O) groups excluding carboxylic acids is 2. The van der Waals surface area contributed by atoms with Gasteiger partial charge in [0.15, 0.2) is 0 Å². The Morgan fingerprint density at radius 2 is 1.79 bits per heavy atom. The Labute approximate surface area is 200 Å². The van der Waals surface area contributed by atoms with E-state index >= 15 is 0 Å². The number of nitro groups is 1. The van der Waals surface area contributed by atoms with Crippen molar-refractivity contribution in [1.29, 1.82) is 0 Å². The minimum absolute atomic E-state index is 0.0438. The first-order valence-electron chi connectivity index (χ1n) is 12.8. The second-order valence-corrected chi connectivity index (χ2v) is 10.3. The Bertz CT molecular complexity index is 941. The first kappa shape index (κ1) is 23.1. The molecule has 3 fully saturated rings. The maximum absolute atomic E-state index is 13.5. The summed E-state index contributed by atoms with van der Waals surface area (Å²) in [5, 5.41) is 14.7. The first-order chi connectivity index (χ1) is 16.5.